The number of halogens is 2. The van der Waals surface area contributed by atoms with Crippen molar-refractivity contribution in [2.75, 3.05) is 0 Å². The van der Waals surface area contributed by atoms with E-state index in [0.29, 0.717) is 16.5 Å². The van der Waals surface area contributed by atoms with Gasteiger partial charge in [-0.3, -0.25) is 0 Å². The average Bonchev–Trinajstić information content (AvgIpc) is 2.61. The maximum Gasteiger partial charge on any atom is 0.387 e. The van der Waals surface area contributed by atoms with E-state index in [0.717, 1.165) is 11.1 Å². The molecule has 0 spiro atoms. The van der Waals surface area contributed by atoms with Crippen molar-refractivity contribution in [3.8, 4) is 5.75 Å². The number of hydrogen-bond donors (Lipinski definition) is 0. The lowest BCUT2D eigenvalue weighted by Gasteiger charge is -2.11. The van der Waals surface area contributed by atoms with E-state index in [-0.39, 0.29) is 17.9 Å². The van der Waals surface area contributed by atoms with E-state index in [9.17, 15) is 18.4 Å². The maximum absolute atomic E-state index is 12.5. The maximum atomic E-state index is 12.5. The van der Waals surface area contributed by atoms with Gasteiger partial charge in [-0.1, -0.05) is 12.1 Å². The van der Waals surface area contributed by atoms with Crippen LogP contribution in [0.5, 0.6) is 5.75 Å². The van der Waals surface area contributed by atoms with Gasteiger partial charge in [0.1, 0.15) is 23.5 Å². The number of carbonyl (C=O) groups is 1. The van der Waals surface area contributed by atoms with E-state index in [4.69, 9.17) is 9.15 Å². The first-order chi connectivity index (χ1) is 12.8. The number of aryl methyl sites for hydroxylation is 2. The third-order valence-electron chi connectivity index (χ3n) is 4.13. The van der Waals surface area contributed by atoms with Crippen molar-refractivity contribution in [3.63, 3.8) is 0 Å². The first kappa shape index (κ1) is 18.6. The molecule has 0 bridgehead atoms. The van der Waals surface area contributed by atoms with Crippen LogP contribution in [0.1, 0.15) is 27.0 Å². The van der Waals surface area contributed by atoms with Crippen molar-refractivity contribution in [3.05, 3.63) is 75.1 Å². The minimum Gasteiger partial charge on any atom is -0.457 e. The highest BCUT2D eigenvalue weighted by Gasteiger charge is 2.17. The lowest BCUT2D eigenvalue weighted by molar-refractivity contribution is -0.0504. The van der Waals surface area contributed by atoms with Crippen molar-refractivity contribution in [1.29, 1.82) is 0 Å². The van der Waals surface area contributed by atoms with E-state index in [1.807, 2.05) is 19.9 Å². The molecule has 1 heterocycles. The molecule has 3 rings (SSSR count). The van der Waals surface area contributed by atoms with Crippen molar-refractivity contribution in [2.24, 2.45) is 0 Å². The molecule has 0 saturated carbocycles. The number of rotatable bonds is 5. The van der Waals surface area contributed by atoms with Gasteiger partial charge in [0.15, 0.2) is 0 Å². The highest BCUT2D eigenvalue weighted by molar-refractivity contribution is 5.92. The van der Waals surface area contributed by atoms with Crippen LogP contribution in [0, 0.1) is 13.8 Å². The molecule has 0 fully saturated rings. The number of esters is 1. The van der Waals surface area contributed by atoms with Gasteiger partial charge in [-0.2, -0.15) is 8.78 Å². The summed E-state index contributed by atoms with van der Waals surface area (Å²) in [5.41, 5.74) is 2.09. The Hall–Kier alpha value is -3.22. The van der Waals surface area contributed by atoms with Gasteiger partial charge in [0.2, 0.25) is 0 Å². The Kier molecular flexibility index (Phi) is 5.21. The number of ether oxygens (including phenoxy) is 2. The molecule has 5 nitrogen and oxygen atoms in total. The van der Waals surface area contributed by atoms with Crippen LogP contribution in [-0.4, -0.2) is 12.6 Å². The van der Waals surface area contributed by atoms with Crippen LogP contribution in [0.2, 0.25) is 0 Å². The lowest BCUT2D eigenvalue weighted by Crippen LogP contribution is -2.11. The smallest absolute Gasteiger partial charge is 0.387 e. The monoisotopic (exact) mass is 374 g/mol. The quantitative estimate of drug-likeness (QED) is 0.490. The molecule has 2 aromatic carbocycles. The normalized spacial score (nSPS) is 11.0. The number of carbonyl (C=O) groups excluding carboxylic acids is 1. The summed E-state index contributed by atoms with van der Waals surface area (Å²) < 4.78 is 39.7. The fourth-order valence-electron chi connectivity index (χ4n) is 2.66. The van der Waals surface area contributed by atoms with Crippen LogP contribution in [0.4, 0.5) is 8.78 Å². The van der Waals surface area contributed by atoms with E-state index < -0.39 is 18.2 Å². The predicted octanol–water partition coefficient (Wildman–Crippen LogP) is 4.37. The van der Waals surface area contributed by atoms with E-state index in [2.05, 4.69) is 4.74 Å². The summed E-state index contributed by atoms with van der Waals surface area (Å²) >= 11 is 0. The first-order valence-corrected chi connectivity index (χ1v) is 8.10. The minimum absolute atomic E-state index is 0.128. The Bertz CT molecular complexity index is 1060. The minimum atomic E-state index is -3.06. The molecule has 0 radical (unpaired) electrons. The standard InChI is InChI=1S/C20H16F2O5/c1-11-7-15-13(9-18(23)26-17(15)8-12(11)2)10-25-19(24)14-5-3-4-6-16(14)27-20(21)22/h3-9,20H,10H2,1-2H3. The molecule has 27 heavy (non-hydrogen) atoms. The zero-order valence-corrected chi connectivity index (χ0v) is 14.6. The van der Waals surface area contributed by atoms with Gasteiger partial charge in [-0.05, 0) is 49.2 Å². The number of para-hydroxylation sites is 1. The van der Waals surface area contributed by atoms with Gasteiger partial charge in [-0.15, -0.1) is 0 Å². The molecule has 0 aliphatic carbocycles. The largest absolute Gasteiger partial charge is 0.457 e. The SMILES string of the molecule is Cc1cc2oc(=O)cc(COC(=O)c3ccccc3OC(F)F)c2cc1C. The van der Waals surface area contributed by atoms with Gasteiger partial charge >= 0.3 is 18.2 Å². The van der Waals surface area contributed by atoms with E-state index >= 15 is 0 Å². The van der Waals surface area contributed by atoms with Gasteiger partial charge in [0.25, 0.3) is 0 Å². The molecule has 0 amide bonds. The lowest BCUT2D eigenvalue weighted by atomic mass is 10.0. The molecule has 1 aromatic heterocycles. The topological polar surface area (TPSA) is 65.7 Å². The zero-order valence-electron chi connectivity index (χ0n) is 14.6. The van der Waals surface area contributed by atoms with Crippen LogP contribution < -0.4 is 10.4 Å². The first-order valence-electron chi connectivity index (χ1n) is 8.10. The summed E-state index contributed by atoms with van der Waals surface area (Å²) in [5, 5.41) is 0.641. The highest BCUT2D eigenvalue weighted by Crippen LogP contribution is 2.24. The van der Waals surface area contributed by atoms with Gasteiger partial charge in [0, 0.05) is 17.0 Å². The van der Waals surface area contributed by atoms with E-state index in [1.165, 1.54) is 30.3 Å². The molecule has 0 aliphatic rings. The summed E-state index contributed by atoms with van der Waals surface area (Å²) in [5.74, 6) is -1.11. The Balaban J connectivity index is 1.88. The Morgan fingerprint density at radius 1 is 1.11 bits per heavy atom. The molecular weight excluding hydrogens is 358 g/mol. The molecule has 0 unspecified atom stereocenters. The second kappa shape index (κ2) is 7.57. The fraction of sp³-hybridized carbons (Fsp3) is 0.200. The molecule has 3 aromatic rings. The number of hydrogen-bond acceptors (Lipinski definition) is 5. The highest BCUT2D eigenvalue weighted by atomic mass is 19.3. The van der Waals surface area contributed by atoms with Crippen molar-refractivity contribution in [1.82, 2.24) is 0 Å². The summed E-state index contributed by atoms with van der Waals surface area (Å²) in [7, 11) is 0. The summed E-state index contributed by atoms with van der Waals surface area (Å²) in [6, 6.07) is 10.4. The number of fused-ring (bicyclic) bond motifs is 1. The zero-order chi connectivity index (χ0) is 19.6. The average molecular weight is 374 g/mol. The van der Waals surface area contributed by atoms with E-state index in [1.54, 1.807) is 6.07 Å². The van der Waals surface area contributed by atoms with Gasteiger partial charge < -0.3 is 13.9 Å². The van der Waals surface area contributed by atoms with Crippen molar-refractivity contribution in [2.45, 2.75) is 27.1 Å². The molecule has 0 aliphatic heterocycles. The Morgan fingerprint density at radius 3 is 2.56 bits per heavy atom. The fourth-order valence-corrected chi connectivity index (χ4v) is 2.66. The van der Waals surface area contributed by atoms with Crippen LogP contribution >= 0.6 is 0 Å². The summed E-state index contributed by atoms with van der Waals surface area (Å²) in [4.78, 5) is 24.1. The van der Waals surface area contributed by atoms with Crippen LogP contribution in [0.3, 0.4) is 0 Å². The summed E-state index contributed by atoms with van der Waals surface area (Å²) in [6.07, 6.45) is 0. The predicted molar refractivity (Wildman–Crippen MR) is 94.2 cm³/mol. The Labute approximate surface area is 153 Å². The van der Waals surface area contributed by atoms with Crippen LogP contribution in [0.15, 0.2) is 51.7 Å². The molecule has 140 valence electrons. The van der Waals surface area contributed by atoms with Gasteiger partial charge in [0.05, 0.1) is 0 Å². The number of alkyl halides is 2. The molecular formula is C20H16F2O5. The van der Waals surface area contributed by atoms with Crippen LogP contribution in [-0.2, 0) is 11.3 Å². The number of benzene rings is 2. The second-order valence-corrected chi connectivity index (χ2v) is 5.97. The molecule has 7 heteroatoms. The Morgan fingerprint density at radius 2 is 1.81 bits per heavy atom. The van der Waals surface area contributed by atoms with Crippen molar-refractivity contribution >= 4 is 16.9 Å². The van der Waals surface area contributed by atoms with Crippen molar-refractivity contribution < 1.29 is 27.5 Å². The second-order valence-electron chi connectivity index (χ2n) is 5.97. The van der Waals surface area contributed by atoms with Crippen LogP contribution in [0.25, 0.3) is 11.0 Å². The molecule has 0 atom stereocenters. The third-order valence-corrected chi connectivity index (χ3v) is 4.13. The third kappa shape index (κ3) is 4.13. The van der Waals surface area contributed by atoms with Gasteiger partial charge in [-0.25, -0.2) is 9.59 Å². The molecule has 0 saturated heterocycles. The summed E-state index contributed by atoms with van der Waals surface area (Å²) in [6.45, 7) is 0.523. The molecule has 0 N–H and O–H groups in total.